The SMILES string of the molecule is CC1OC2(CCN(CCc3cccc(C(N)=O)c3)CC2)CN(c2ccccc2)C1=O. The summed E-state index contributed by atoms with van der Waals surface area (Å²) in [6, 6.07) is 17.4. The number of amides is 2. The molecule has 2 saturated heterocycles. The van der Waals surface area contributed by atoms with Gasteiger partial charge in [-0.05, 0) is 56.0 Å². The molecule has 0 radical (unpaired) electrons. The van der Waals surface area contributed by atoms with Gasteiger partial charge in [0.1, 0.15) is 6.10 Å². The lowest BCUT2D eigenvalue weighted by Crippen LogP contribution is -2.61. The van der Waals surface area contributed by atoms with Crippen LogP contribution in [0.25, 0.3) is 0 Å². The maximum absolute atomic E-state index is 12.7. The fraction of sp³-hybridized carbons (Fsp3) is 0.417. The van der Waals surface area contributed by atoms with Gasteiger partial charge < -0.3 is 20.3 Å². The van der Waals surface area contributed by atoms with Gasteiger partial charge in [-0.2, -0.15) is 0 Å². The van der Waals surface area contributed by atoms with Crippen LogP contribution in [-0.4, -0.2) is 54.6 Å². The van der Waals surface area contributed by atoms with Crippen molar-refractivity contribution < 1.29 is 14.3 Å². The first-order valence-corrected chi connectivity index (χ1v) is 10.6. The summed E-state index contributed by atoms with van der Waals surface area (Å²) in [6.45, 7) is 5.25. The lowest BCUT2D eigenvalue weighted by molar-refractivity contribution is -0.161. The summed E-state index contributed by atoms with van der Waals surface area (Å²) >= 11 is 0. The Labute approximate surface area is 177 Å². The summed E-state index contributed by atoms with van der Waals surface area (Å²) in [5.41, 5.74) is 7.71. The Kier molecular flexibility index (Phi) is 5.88. The molecule has 2 aromatic carbocycles. The number of hydrogen-bond acceptors (Lipinski definition) is 4. The lowest BCUT2D eigenvalue weighted by atomic mass is 9.88. The molecule has 2 N–H and O–H groups in total. The number of nitrogens with zero attached hydrogens (tertiary/aromatic N) is 2. The zero-order valence-corrected chi connectivity index (χ0v) is 17.4. The molecular weight excluding hydrogens is 378 g/mol. The van der Waals surface area contributed by atoms with Crippen LogP contribution in [0.4, 0.5) is 5.69 Å². The van der Waals surface area contributed by atoms with E-state index in [0.717, 1.165) is 50.1 Å². The minimum absolute atomic E-state index is 0.0311. The number of benzene rings is 2. The van der Waals surface area contributed by atoms with Crippen molar-refractivity contribution in [2.45, 2.75) is 37.9 Å². The first kappa shape index (κ1) is 20.6. The smallest absolute Gasteiger partial charge is 0.255 e. The molecule has 158 valence electrons. The second-order valence-electron chi connectivity index (χ2n) is 8.36. The van der Waals surface area contributed by atoms with E-state index in [0.29, 0.717) is 12.1 Å². The van der Waals surface area contributed by atoms with Gasteiger partial charge in [-0.15, -0.1) is 0 Å². The normalized spacial score (nSPS) is 21.7. The number of ether oxygens (including phenoxy) is 1. The first-order chi connectivity index (χ1) is 14.5. The molecule has 0 aromatic heterocycles. The Hall–Kier alpha value is -2.70. The van der Waals surface area contributed by atoms with Crippen LogP contribution in [0.2, 0.25) is 0 Å². The Bertz CT molecular complexity index is 907. The average Bonchev–Trinajstić information content (AvgIpc) is 2.77. The van der Waals surface area contributed by atoms with Gasteiger partial charge in [0.15, 0.2) is 0 Å². The van der Waals surface area contributed by atoms with E-state index in [2.05, 4.69) is 4.90 Å². The van der Waals surface area contributed by atoms with Crippen LogP contribution in [0.15, 0.2) is 54.6 Å². The molecule has 0 saturated carbocycles. The number of likely N-dealkylation sites (tertiary alicyclic amines) is 1. The maximum atomic E-state index is 12.7. The molecule has 2 heterocycles. The van der Waals surface area contributed by atoms with Gasteiger partial charge in [0.25, 0.3) is 5.91 Å². The fourth-order valence-electron chi connectivity index (χ4n) is 4.50. The summed E-state index contributed by atoms with van der Waals surface area (Å²) in [6.07, 6.45) is 2.24. The highest BCUT2D eigenvalue weighted by molar-refractivity contribution is 5.97. The van der Waals surface area contributed by atoms with Crippen molar-refractivity contribution in [2.75, 3.05) is 31.1 Å². The summed E-state index contributed by atoms with van der Waals surface area (Å²) in [5, 5.41) is 0. The quantitative estimate of drug-likeness (QED) is 0.827. The van der Waals surface area contributed by atoms with Crippen molar-refractivity contribution in [1.82, 2.24) is 4.90 Å². The summed E-state index contributed by atoms with van der Waals surface area (Å²) in [7, 11) is 0. The van der Waals surface area contributed by atoms with Gasteiger partial charge in [-0.3, -0.25) is 9.59 Å². The van der Waals surface area contributed by atoms with E-state index in [1.165, 1.54) is 0 Å². The van der Waals surface area contributed by atoms with Crippen LogP contribution in [0.3, 0.4) is 0 Å². The molecule has 6 heteroatoms. The van der Waals surface area contributed by atoms with Crippen molar-refractivity contribution in [3.05, 3.63) is 65.7 Å². The lowest BCUT2D eigenvalue weighted by Gasteiger charge is -2.49. The van der Waals surface area contributed by atoms with Crippen molar-refractivity contribution in [3.63, 3.8) is 0 Å². The summed E-state index contributed by atoms with van der Waals surface area (Å²) in [5.74, 6) is -0.360. The van der Waals surface area contributed by atoms with E-state index >= 15 is 0 Å². The van der Waals surface area contributed by atoms with Gasteiger partial charge in [0.2, 0.25) is 5.91 Å². The largest absolute Gasteiger partial charge is 0.366 e. The first-order valence-electron chi connectivity index (χ1n) is 10.6. The molecule has 2 amide bonds. The topological polar surface area (TPSA) is 75.9 Å². The van der Waals surface area contributed by atoms with Gasteiger partial charge in [-0.25, -0.2) is 0 Å². The van der Waals surface area contributed by atoms with Crippen LogP contribution in [-0.2, 0) is 16.0 Å². The molecule has 2 aromatic rings. The van der Waals surface area contributed by atoms with E-state index in [-0.39, 0.29) is 11.5 Å². The number of carbonyl (C=O) groups excluding carboxylic acids is 2. The molecule has 2 aliphatic heterocycles. The number of hydrogen-bond donors (Lipinski definition) is 1. The van der Waals surface area contributed by atoms with Gasteiger partial charge in [-0.1, -0.05) is 30.3 Å². The third-order valence-corrected chi connectivity index (χ3v) is 6.25. The third-order valence-electron chi connectivity index (χ3n) is 6.25. The number of nitrogens with two attached hydrogens (primary N) is 1. The van der Waals surface area contributed by atoms with E-state index in [9.17, 15) is 9.59 Å². The number of morpholine rings is 1. The highest BCUT2D eigenvalue weighted by Gasteiger charge is 2.45. The molecule has 1 atom stereocenters. The van der Waals surface area contributed by atoms with Crippen molar-refractivity contribution in [1.29, 1.82) is 0 Å². The Morgan fingerprint density at radius 1 is 1.13 bits per heavy atom. The number of para-hydroxylation sites is 1. The second kappa shape index (κ2) is 8.58. The van der Waals surface area contributed by atoms with E-state index in [4.69, 9.17) is 10.5 Å². The molecule has 6 nitrogen and oxygen atoms in total. The molecule has 2 fully saturated rings. The standard InChI is InChI=1S/C24H29N3O3/c1-18-23(29)27(21-8-3-2-4-9-21)17-24(30-18)11-14-26(15-12-24)13-10-19-6-5-7-20(16-19)22(25)28/h2-9,16,18H,10-15,17H2,1H3,(H2,25,28). The van der Waals surface area contributed by atoms with Crippen LogP contribution in [0, 0.1) is 0 Å². The highest BCUT2D eigenvalue weighted by atomic mass is 16.5. The van der Waals surface area contributed by atoms with E-state index in [1.54, 1.807) is 6.07 Å². The summed E-state index contributed by atoms with van der Waals surface area (Å²) in [4.78, 5) is 28.4. The molecule has 2 aliphatic rings. The van der Waals surface area contributed by atoms with Crippen LogP contribution in [0.1, 0.15) is 35.7 Å². The zero-order valence-electron chi connectivity index (χ0n) is 17.4. The van der Waals surface area contributed by atoms with Crippen molar-refractivity contribution in [2.24, 2.45) is 5.73 Å². The Morgan fingerprint density at radius 3 is 2.57 bits per heavy atom. The predicted octanol–water partition coefficient (Wildman–Crippen LogP) is 2.61. The number of anilines is 1. The van der Waals surface area contributed by atoms with Crippen LogP contribution >= 0.6 is 0 Å². The molecule has 0 bridgehead atoms. The molecule has 0 aliphatic carbocycles. The molecule has 1 spiro atoms. The molecule has 30 heavy (non-hydrogen) atoms. The monoisotopic (exact) mass is 407 g/mol. The number of primary amides is 1. The minimum Gasteiger partial charge on any atom is -0.366 e. The fourth-order valence-corrected chi connectivity index (χ4v) is 4.50. The third kappa shape index (κ3) is 4.40. The predicted molar refractivity (Wildman–Crippen MR) is 116 cm³/mol. The van der Waals surface area contributed by atoms with Crippen molar-refractivity contribution in [3.8, 4) is 0 Å². The Morgan fingerprint density at radius 2 is 1.87 bits per heavy atom. The zero-order chi connectivity index (χ0) is 21.1. The maximum Gasteiger partial charge on any atom is 0.255 e. The second-order valence-corrected chi connectivity index (χ2v) is 8.36. The van der Waals surface area contributed by atoms with Gasteiger partial charge in [0, 0.05) is 30.9 Å². The Balaban J connectivity index is 1.37. The van der Waals surface area contributed by atoms with Gasteiger partial charge in [0.05, 0.1) is 12.1 Å². The average molecular weight is 408 g/mol. The minimum atomic E-state index is -0.429. The molecular formula is C24H29N3O3. The van der Waals surface area contributed by atoms with Crippen LogP contribution < -0.4 is 10.6 Å². The number of piperidine rings is 1. The van der Waals surface area contributed by atoms with E-state index < -0.39 is 12.0 Å². The van der Waals surface area contributed by atoms with E-state index in [1.807, 2.05) is 60.4 Å². The van der Waals surface area contributed by atoms with Crippen molar-refractivity contribution >= 4 is 17.5 Å². The van der Waals surface area contributed by atoms with Gasteiger partial charge >= 0.3 is 0 Å². The highest BCUT2D eigenvalue weighted by Crippen LogP contribution is 2.35. The molecule has 1 unspecified atom stereocenters. The number of rotatable bonds is 5. The van der Waals surface area contributed by atoms with Crippen LogP contribution in [0.5, 0.6) is 0 Å². The number of carbonyl (C=O) groups is 2. The summed E-state index contributed by atoms with van der Waals surface area (Å²) < 4.78 is 6.26. The molecule has 4 rings (SSSR count).